The topological polar surface area (TPSA) is 30.7 Å². The van der Waals surface area contributed by atoms with Crippen molar-refractivity contribution in [2.45, 2.75) is 64.8 Å². The molecule has 1 saturated heterocycles. The minimum atomic E-state index is -0.361. The highest BCUT2D eigenvalue weighted by molar-refractivity contribution is 9.10. The Morgan fingerprint density at radius 2 is 1.53 bits per heavy atom. The van der Waals surface area contributed by atoms with E-state index in [0.29, 0.717) is 6.61 Å². The summed E-state index contributed by atoms with van der Waals surface area (Å²) >= 11 is 3.63. The number of hydrogen-bond acceptors (Lipinski definition) is 3. The highest BCUT2D eigenvalue weighted by Crippen LogP contribution is 2.39. The van der Waals surface area contributed by atoms with Gasteiger partial charge < -0.3 is 14.0 Å². The quantitative estimate of drug-likeness (QED) is 0.234. The summed E-state index contributed by atoms with van der Waals surface area (Å²) in [5.74, 6) is 0.844. The molecule has 0 radical (unpaired) electrons. The highest BCUT2D eigenvalue weighted by atomic mass is 79.9. The van der Waals surface area contributed by atoms with Crippen LogP contribution in [0.5, 0.6) is 5.75 Å². The Kier molecular flexibility index (Phi) is 6.96. The average Bonchev–Trinajstić information content (AvgIpc) is 3.21. The van der Waals surface area contributed by atoms with E-state index < -0.39 is 0 Å². The van der Waals surface area contributed by atoms with Crippen molar-refractivity contribution in [3.8, 4) is 5.75 Å². The number of nitrogens with zero attached hydrogens (tertiary/aromatic N) is 1. The first-order chi connectivity index (χ1) is 17.9. The van der Waals surface area contributed by atoms with Crippen LogP contribution in [0, 0.1) is 0 Å². The van der Waals surface area contributed by atoms with Crippen molar-refractivity contribution in [3.63, 3.8) is 0 Å². The zero-order valence-electron chi connectivity index (χ0n) is 23.3. The molecule has 3 aromatic rings. The van der Waals surface area contributed by atoms with E-state index in [-0.39, 0.29) is 23.7 Å². The number of ether oxygens (including phenoxy) is 1. The Balaban J connectivity index is 1.31. The van der Waals surface area contributed by atoms with E-state index in [1.807, 2.05) is 12.1 Å². The molecule has 4 nitrogen and oxygen atoms in total. The monoisotopic (exact) mass is 572 g/mol. The smallest absolute Gasteiger partial charge is 0.488 e. The van der Waals surface area contributed by atoms with E-state index >= 15 is 0 Å². The number of para-hydroxylation sites is 1. The molecule has 0 unspecified atom stereocenters. The van der Waals surface area contributed by atoms with Crippen LogP contribution in [-0.2, 0) is 21.3 Å². The number of rotatable bonds is 6. The van der Waals surface area contributed by atoms with Gasteiger partial charge in [0.15, 0.2) is 5.71 Å². The van der Waals surface area contributed by atoms with Gasteiger partial charge in [0.05, 0.1) is 16.6 Å². The second-order valence-corrected chi connectivity index (χ2v) is 12.6. The average molecular weight is 573 g/mol. The maximum atomic E-state index is 6.31. The van der Waals surface area contributed by atoms with Crippen molar-refractivity contribution in [3.05, 3.63) is 94.0 Å². The lowest BCUT2D eigenvalue weighted by molar-refractivity contribution is -0.401. The van der Waals surface area contributed by atoms with E-state index in [9.17, 15) is 0 Å². The van der Waals surface area contributed by atoms with Crippen LogP contribution in [0.1, 0.15) is 58.2 Å². The molecule has 0 amide bonds. The van der Waals surface area contributed by atoms with Crippen molar-refractivity contribution in [1.29, 1.82) is 0 Å². The van der Waals surface area contributed by atoms with Crippen LogP contribution in [0.4, 0.5) is 5.69 Å². The predicted molar refractivity (Wildman–Crippen MR) is 160 cm³/mol. The summed E-state index contributed by atoms with van der Waals surface area (Å²) in [5, 5.41) is 0. The van der Waals surface area contributed by atoms with Crippen molar-refractivity contribution in [2.75, 3.05) is 7.05 Å². The third kappa shape index (κ3) is 4.90. The second-order valence-electron chi connectivity index (χ2n) is 11.7. The Morgan fingerprint density at radius 3 is 2.18 bits per heavy atom. The first-order valence-electron chi connectivity index (χ1n) is 13.1. The van der Waals surface area contributed by atoms with Gasteiger partial charge in [-0.2, -0.15) is 4.58 Å². The second kappa shape index (κ2) is 9.82. The Morgan fingerprint density at radius 1 is 0.868 bits per heavy atom. The molecule has 38 heavy (non-hydrogen) atoms. The van der Waals surface area contributed by atoms with Gasteiger partial charge >= 0.3 is 7.12 Å². The molecule has 2 heterocycles. The molecule has 0 bridgehead atoms. The molecule has 0 saturated carbocycles. The van der Waals surface area contributed by atoms with Gasteiger partial charge in [-0.25, -0.2) is 0 Å². The van der Waals surface area contributed by atoms with Crippen LogP contribution in [0.3, 0.4) is 0 Å². The standard InChI is InChI=1S/C32H36BBrNO3/c1-30(2)26-10-8-9-11-27(26)35(7)29(30)19-14-23-20-25(34)17-18-28(23)36-21-22-12-15-24(16-13-22)33-37-31(3,4)32(5,6)38-33/h8-20H,21H2,1-7H3/q+1/b19-14+. The molecule has 0 N–H and O–H groups in total. The molecule has 6 heteroatoms. The molecule has 2 aliphatic rings. The molecule has 0 atom stereocenters. The minimum absolute atomic E-state index is 0.0756. The Hall–Kier alpha value is -2.67. The Labute approximate surface area is 235 Å². The third-order valence-corrected chi connectivity index (χ3v) is 8.73. The summed E-state index contributed by atoms with van der Waals surface area (Å²) < 4.78 is 22.0. The summed E-state index contributed by atoms with van der Waals surface area (Å²) in [6, 6.07) is 23.0. The largest absolute Gasteiger partial charge is 0.494 e. The minimum Gasteiger partial charge on any atom is -0.488 e. The summed E-state index contributed by atoms with van der Waals surface area (Å²) in [6.45, 7) is 13.3. The van der Waals surface area contributed by atoms with Gasteiger partial charge in [-0.1, -0.05) is 58.4 Å². The van der Waals surface area contributed by atoms with Crippen LogP contribution >= 0.6 is 15.9 Å². The SMILES string of the molecule is C[N+]1=C(/C=C/c2cc(Br)ccc2OCc2ccc(B3OC(C)(C)C(C)(C)O3)cc2)C(C)(C)c2ccccc21. The van der Waals surface area contributed by atoms with E-state index in [0.717, 1.165) is 26.8 Å². The first-order valence-corrected chi connectivity index (χ1v) is 13.9. The molecular weight excluding hydrogens is 537 g/mol. The number of halogens is 1. The van der Waals surface area contributed by atoms with Gasteiger partial charge in [-0.15, -0.1) is 0 Å². The molecule has 196 valence electrons. The maximum Gasteiger partial charge on any atom is 0.494 e. The number of hydrogen-bond donors (Lipinski definition) is 0. The summed E-state index contributed by atoms with van der Waals surface area (Å²) in [7, 11) is 1.78. The number of benzene rings is 3. The maximum absolute atomic E-state index is 6.31. The molecule has 0 aliphatic carbocycles. The van der Waals surface area contributed by atoms with E-state index in [1.165, 1.54) is 17.0 Å². The lowest BCUT2D eigenvalue weighted by Gasteiger charge is -2.32. The zero-order chi connectivity index (χ0) is 27.3. The van der Waals surface area contributed by atoms with Gasteiger partial charge in [-0.05, 0) is 76.8 Å². The lowest BCUT2D eigenvalue weighted by atomic mass is 9.79. The normalized spacial score (nSPS) is 19.3. The van der Waals surface area contributed by atoms with Gasteiger partial charge in [-0.3, -0.25) is 0 Å². The summed E-state index contributed by atoms with van der Waals surface area (Å²) in [4.78, 5) is 0. The third-order valence-electron chi connectivity index (χ3n) is 8.23. The molecule has 3 aromatic carbocycles. The number of allylic oxidation sites excluding steroid dienone is 1. The van der Waals surface area contributed by atoms with Crippen LogP contribution in [0.15, 0.2) is 77.3 Å². The van der Waals surface area contributed by atoms with Gasteiger partial charge in [0.1, 0.15) is 19.4 Å². The summed E-state index contributed by atoms with van der Waals surface area (Å²) in [5.41, 5.74) is 6.20. The summed E-state index contributed by atoms with van der Waals surface area (Å²) in [6.07, 6.45) is 4.37. The van der Waals surface area contributed by atoms with Crippen molar-refractivity contribution >= 4 is 46.0 Å². The fraction of sp³-hybridized carbons (Fsp3) is 0.344. The predicted octanol–water partition coefficient (Wildman–Crippen LogP) is 7.05. The highest BCUT2D eigenvalue weighted by Gasteiger charge is 2.51. The Bertz CT molecular complexity index is 1410. The molecule has 1 fully saturated rings. The molecule has 2 aliphatic heterocycles. The van der Waals surface area contributed by atoms with E-state index in [2.05, 4.69) is 136 Å². The fourth-order valence-electron chi connectivity index (χ4n) is 5.16. The molecular formula is C32H36BBrNO3+. The molecule has 0 spiro atoms. The molecule has 5 rings (SSSR count). The molecule has 0 aromatic heterocycles. The van der Waals surface area contributed by atoms with Crippen molar-refractivity contribution < 1.29 is 18.6 Å². The van der Waals surface area contributed by atoms with E-state index in [4.69, 9.17) is 14.0 Å². The van der Waals surface area contributed by atoms with Gasteiger partial charge in [0, 0.05) is 27.7 Å². The van der Waals surface area contributed by atoms with Gasteiger partial charge in [0.25, 0.3) is 0 Å². The van der Waals surface area contributed by atoms with Gasteiger partial charge in [0.2, 0.25) is 5.69 Å². The zero-order valence-corrected chi connectivity index (χ0v) is 24.9. The van der Waals surface area contributed by atoms with Crippen LogP contribution in [0.25, 0.3) is 6.08 Å². The van der Waals surface area contributed by atoms with Crippen LogP contribution in [-0.4, -0.2) is 35.7 Å². The number of fused-ring (bicyclic) bond motifs is 1. The lowest BCUT2D eigenvalue weighted by Crippen LogP contribution is -2.41. The van der Waals surface area contributed by atoms with Crippen molar-refractivity contribution in [1.82, 2.24) is 0 Å². The van der Waals surface area contributed by atoms with Crippen LogP contribution in [0.2, 0.25) is 0 Å². The fourth-order valence-corrected chi connectivity index (χ4v) is 5.54. The first kappa shape index (κ1) is 26.9. The van der Waals surface area contributed by atoms with E-state index in [1.54, 1.807) is 0 Å². The van der Waals surface area contributed by atoms with Crippen molar-refractivity contribution in [2.24, 2.45) is 0 Å². The van der Waals surface area contributed by atoms with Crippen LogP contribution < -0.4 is 10.2 Å².